The summed E-state index contributed by atoms with van der Waals surface area (Å²) in [7, 11) is 0. The Labute approximate surface area is 138 Å². The Hall–Kier alpha value is -2.34. The molecule has 2 amide bonds. The third-order valence-corrected chi connectivity index (χ3v) is 3.50. The van der Waals surface area contributed by atoms with E-state index >= 15 is 0 Å². The van der Waals surface area contributed by atoms with E-state index in [1.807, 2.05) is 0 Å². The van der Waals surface area contributed by atoms with Crippen molar-refractivity contribution in [3.63, 3.8) is 0 Å². The first-order chi connectivity index (χ1) is 11.1. The van der Waals surface area contributed by atoms with Gasteiger partial charge in [-0.25, -0.2) is 9.18 Å². The van der Waals surface area contributed by atoms with Crippen molar-refractivity contribution in [3.8, 4) is 0 Å². The number of unbranched alkanes of at least 4 members (excludes halogenated alkanes) is 1. The van der Waals surface area contributed by atoms with Crippen LogP contribution in [0.4, 0.5) is 14.9 Å². The van der Waals surface area contributed by atoms with Gasteiger partial charge in [0.15, 0.2) is 0 Å². The summed E-state index contributed by atoms with van der Waals surface area (Å²) in [4.78, 5) is 23.2. The average Bonchev–Trinajstić information content (AvgIpc) is 2.51. The SMILES string of the molecule is O=C(NCCCCn1ccccc1=O)Nc1ccc(F)cc1Cl. The first-order valence-corrected chi connectivity index (χ1v) is 7.59. The second-order valence-electron chi connectivity index (χ2n) is 4.94. The molecule has 1 heterocycles. The van der Waals surface area contributed by atoms with E-state index in [0.29, 0.717) is 18.8 Å². The van der Waals surface area contributed by atoms with Gasteiger partial charge in [-0.1, -0.05) is 17.7 Å². The number of nitrogens with zero attached hydrogens (tertiary/aromatic N) is 1. The molecule has 0 bridgehead atoms. The van der Waals surface area contributed by atoms with E-state index < -0.39 is 11.8 Å². The van der Waals surface area contributed by atoms with Crippen molar-refractivity contribution in [2.45, 2.75) is 19.4 Å². The molecule has 2 aromatic rings. The fourth-order valence-electron chi connectivity index (χ4n) is 2.01. The number of nitrogens with one attached hydrogen (secondary N) is 2. The zero-order valence-corrected chi connectivity index (χ0v) is 13.1. The van der Waals surface area contributed by atoms with Crippen LogP contribution in [-0.4, -0.2) is 17.1 Å². The summed E-state index contributed by atoms with van der Waals surface area (Å²) in [6.07, 6.45) is 3.23. The van der Waals surface area contributed by atoms with E-state index in [1.54, 1.807) is 22.9 Å². The molecule has 1 aromatic carbocycles. The van der Waals surface area contributed by atoms with Crippen LogP contribution >= 0.6 is 11.6 Å². The van der Waals surface area contributed by atoms with Gasteiger partial charge in [0.1, 0.15) is 5.82 Å². The Morgan fingerprint density at radius 3 is 2.78 bits per heavy atom. The number of aryl methyl sites for hydroxylation is 1. The number of hydrogen-bond donors (Lipinski definition) is 2. The number of amides is 2. The molecule has 23 heavy (non-hydrogen) atoms. The third-order valence-electron chi connectivity index (χ3n) is 3.19. The summed E-state index contributed by atoms with van der Waals surface area (Å²) in [5.74, 6) is -0.461. The molecule has 0 unspecified atom stereocenters. The summed E-state index contributed by atoms with van der Waals surface area (Å²) in [5.41, 5.74) is 0.311. The zero-order chi connectivity index (χ0) is 16.7. The van der Waals surface area contributed by atoms with E-state index in [4.69, 9.17) is 11.6 Å². The quantitative estimate of drug-likeness (QED) is 0.795. The second-order valence-corrected chi connectivity index (χ2v) is 5.35. The smallest absolute Gasteiger partial charge is 0.319 e. The van der Waals surface area contributed by atoms with E-state index in [2.05, 4.69) is 10.6 Å². The number of carbonyl (C=O) groups excluding carboxylic acids is 1. The largest absolute Gasteiger partial charge is 0.338 e. The number of pyridine rings is 1. The van der Waals surface area contributed by atoms with Crippen molar-refractivity contribution >= 4 is 23.3 Å². The van der Waals surface area contributed by atoms with Crippen molar-refractivity contribution in [1.29, 1.82) is 0 Å². The zero-order valence-electron chi connectivity index (χ0n) is 12.4. The van der Waals surface area contributed by atoms with Crippen LogP contribution in [0.3, 0.4) is 0 Å². The number of urea groups is 1. The minimum Gasteiger partial charge on any atom is -0.338 e. The van der Waals surface area contributed by atoms with Crippen LogP contribution in [0.5, 0.6) is 0 Å². The van der Waals surface area contributed by atoms with Gasteiger partial charge in [0.2, 0.25) is 5.56 Å². The molecule has 0 atom stereocenters. The molecular formula is C16H17ClFN3O2. The number of rotatable bonds is 6. The second kappa shape index (κ2) is 8.33. The van der Waals surface area contributed by atoms with Gasteiger partial charge in [-0.05, 0) is 37.1 Å². The van der Waals surface area contributed by atoms with Gasteiger partial charge in [0.05, 0.1) is 10.7 Å². The number of hydrogen-bond acceptors (Lipinski definition) is 2. The fourth-order valence-corrected chi connectivity index (χ4v) is 2.23. The highest BCUT2D eigenvalue weighted by atomic mass is 35.5. The van der Waals surface area contributed by atoms with E-state index in [-0.39, 0.29) is 10.6 Å². The van der Waals surface area contributed by atoms with Crippen LogP contribution in [0.25, 0.3) is 0 Å². The highest BCUT2D eigenvalue weighted by molar-refractivity contribution is 6.33. The average molecular weight is 338 g/mol. The number of aromatic nitrogens is 1. The van der Waals surface area contributed by atoms with Crippen molar-refractivity contribution in [2.24, 2.45) is 0 Å². The summed E-state index contributed by atoms with van der Waals surface area (Å²) in [5, 5.41) is 5.38. The molecule has 2 N–H and O–H groups in total. The van der Waals surface area contributed by atoms with Gasteiger partial charge in [-0.15, -0.1) is 0 Å². The molecule has 0 spiro atoms. The molecule has 7 heteroatoms. The van der Waals surface area contributed by atoms with Gasteiger partial charge >= 0.3 is 6.03 Å². The van der Waals surface area contributed by atoms with Crippen LogP contribution in [0.15, 0.2) is 47.4 Å². The normalized spacial score (nSPS) is 10.3. The van der Waals surface area contributed by atoms with Crippen molar-refractivity contribution in [1.82, 2.24) is 9.88 Å². The lowest BCUT2D eigenvalue weighted by atomic mass is 10.3. The molecule has 0 radical (unpaired) electrons. The highest BCUT2D eigenvalue weighted by Crippen LogP contribution is 2.22. The van der Waals surface area contributed by atoms with Gasteiger partial charge in [-0.3, -0.25) is 4.79 Å². The summed E-state index contributed by atoms with van der Waals surface area (Å²) >= 11 is 5.83. The number of benzene rings is 1. The van der Waals surface area contributed by atoms with Crippen LogP contribution < -0.4 is 16.2 Å². The molecule has 1 aromatic heterocycles. The molecular weight excluding hydrogens is 321 g/mol. The Bertz CT molecular complexity index is 733. The molecule has 0 saturated heterocycles. The minimum atomic E-state index is -0.461. The third kappa shape index (κ3) is 5.41. The van der Waals surface area contributed by atoms with Crippen LogP contribution in [0.2, 0.25) is 5.02 Å². The minimum absolute atomic E-state index is 0.0378. The maximum atomic E-state index is 12.9. The van der Waals surface area contributed by atoms with Crippen molar-refractivity contribution in [2.75, 3.05) is 11.9 Å². The highest BCUT2D eigenvalue weighted by Gasteiger charge is 2.06. The lowest BCUT2D eigenvalue weighted by Gasteiger charge is -2.09. The van der Waals surface area contributed by atoms with Crippen LogP contribution in [-0.2, 0) is 6.54 Å². The molecule has 0 aliphatic rings. The number of carbonyl (C=O) groups is 1. The van der Waals surface area contributed by atoms with Gasteiger partial charge in [0, 0.05) is 25.4 Å². The Balaban J connectivity index is 1.69. The molecule has 0 aliphatic carbocycles. The molecule has 122 valence electrons. The maximum absolute atomic E-state index is 12.9. The van der Waals surface area contributed by atoms with Crippen molar-refractivity contribution < 1.29 is 9.18 Å². The number of anilines is 1. The first kappa shape index (κ1) is 17.0. The van der Waals surface area contributed by atoms with Gasteiger partial charge in [-0.2, -0.15) is 0 Å². The van der Waals surface area contributed by atoms with Crippen molar-refractivity contribution in [3.05, 3.63) is 63.8 Å². The summed E-state index contributed by atoms with van der Waals surface area (Å²) < 4.78 is 14.5. The van der Waals surface area contributed by atoms with Crippen LogP contribution in [0.1, 0.15) is 12.8 Å². The van der Waals surface area contributed by atoms with E-state index in [9.17, 15) is 14.0 Å². The molecule has 0 fully saturated rings. The van der Waals surface area contributed by atoms with E-state index in [0.717, 1.165) is 18.9 Å². The fraction of sp³-hybridized carbons (Fsp3) is 0.250. The van der Waals surface area contributed by atoms with Gasteiger partial charge in [0.25, 0.3) is 0 Å². The first-order valence-electron chi connectivity index (χ1n) is 7.21. The molecule has 2 rings (SSSR count). The van der Waals surface area contributed by atoms with E-state index in [1.165, 1.54) is 18.2 Å². The standard InChI is InChI=1S/C16H17ClFN3O2/c17-13-11-12(18)6-7-14(13)20-16(23)19-8-2-4-10-21-9-3-1-5-15(21)22/h1,3,5-7,9,11H,2,4,8,10H2,(H2,19,20,23). The number of halogens is 2. The predicted molar refractivity (Wildman–Crippen MR) is 88.4 cm³/mol. The Morgan fingerprint density at radius 2 is 2.04 bits per heavy atom. The van der Waals surface area contributed by atoms with Crippen LogP contribution in [0, 0.1) is 5.82 Å². The lowest BCUT2D eigenvalue weighted by molar-refractivity contribution is 0.252. The predicted octanol–water partition coefficient (Wildman–Crippen LogP) is 3.24. The monoisotopic (exact) mass is 337 g/mol. The Kier molecular flexibility index (Phi) is 6.17. The molecule has 5 nitrogen and oxygen atoms in total. The summed E-state index contributed by atoms with van der Waals surface area (Å²) in [6.45, 7) is 1.07. The maximum Gasteiger partial charge on any atom is 0.319 e. The molecule has 0 saturated carbocycles. The summed E-state index contributed by atoms with van der Waals surface area (Å²) in [6, 6.07) is 8.37. The topological polar surface area (TPSA) is 63.1 Å². The Morgan fingerprint density at radius 1 is 1.22 bits per heavy atom. The molecule has 0 aliphatic heterocycles. The lowest BCUT2D eigenvalue weighted by Crippen LogP contribution is -2.30. The van der Waals surface area contributed by atoms with Gasteiger partial charge < -0.3 is 15.2 Å².